The van der Waals surface area contributed by atoms with Crippen LogP contribution in [0.5, 0.6) is 0 Å². The molecule has 1 aliphatic rings. The molecule has 1 aromatic rings. The summed E-state index contributed by atoms with van der Waals surface area (Å²) in [5.41, 5.74) is 0. The zero-order valence-electron chi connectivity index (χ0n) is 10.3. The van der Waals surface area contributed by atoms with Crippen molar-refractivity contribution in [1.29, 1.82) is 0 Å². The van der Waals surface area contributed by atoms with Crippen LogP contribution in [0.15, 0.2) is 6.20 Å². The van der Waals surface area contributed by atoms with Crippen molar-refractivity contribution in [3.63, 3.8) is 0 Å². The van der Waals surface area contributed by atoms with E-state index in [2.05, 4.69) is 9.71 Å². The molecule has 102 valence electrons. The first-order valence-electron chi connectivity index (χ1n) is 5.91. The Morgan fingerprint density at radius 2 is 2.06 bits per heavy atom. The Balaban J connectivity index is 1.98. The van der Waals surface area contributed by atoms with Gasteiger partial charge in [-0.05, 0) is 12.8 Å². The predicted octanol–water partition coefficient (Wildman–Crippen LogP) is 0.894. The van der Waals surface area contributed by atoms with Gasteiger partial charge in [0.2, 0.25) is 0 Å². The summed E-state index contributed by atoms with van der Waals surface area (Å²) in [6.07, 6.45) is 4.46. The highest BCUT2D eigenvalue weighted by Gasteiger charge is 2.23. The van der Waals surface area contributed by atoms with Crippen LogP contribution in [0.3, 0.4) is 0 Å². The van der Waals surface area contributed by atoms with Crippen LogP contribution >= 0.6 is 11.6 Å². The standard InChI is InChI=1S/C10H17ClN4O2S/c1-14-9(11)7-12-10(14)8-13-18(16,17)15-5-3-2-4-6-15/h7,13H,2-6,8H2,1H3. The van der Waals surface area contributed by atoms with Crippen molar-refractivity contribution in [2.75, 3.05) is 13.1 Å². The molecule has 6 nitrogen and oxygen atoms in total. The van der Waals surface area contributed by atoms with Crippen LogP contribution in [0.25, 0.3) is 0 Å². The summed E-state index contributed by atoms with van der Waals surface area (Å²) in [6.45, 7) is 1.34. The maximum absolute atomic E-state index is 12.0. The van der Waals surface area contributed by atoms with Gasteiger partial charge in [-0.2, -0.15) is 17.4 Å². The second-order valence-electron chi connectivity index (χ2n) is 4.34. The van der Waals surface area contributed by atoms with Crippen LogP contribution in [0.4, 0.5) is 0 Å². The molecule has 2 heterocycles. The van der Waals surface area contributed by atoms with Gasteiger partial charge >= 0.3 is 0 Å². The Kier molecular flexibility index (Phi) is 4.26. The van der Waals surface area contributed by atoms with Crippen LogP contribution in [0, 0.1) is 0 Å². The van der Waals surface area contributed by atoms with E-state index in [0.717, 1.165) is 19.3 Å². The first-order valence-corrected chi connectivity index (χ1v) is 7.73. The lowest BCUT2D eigenvalue weighted by atomic mass is 10.2. The molecule has 0 atom stereocenters. The lowest BCUT2D eigenvalue weighted by molar-refractivity contribution is 0.341. The largest absolute Gasteiger partial charge is 0.321 e. The predicted molar refractivity (Wildman–Crippen MR) is 69.4 cm³/mol. The molecule has 0 spiro atoms. The first-order chi connectivity index (χ1) is 8.50. The van der Waals surface area contributed by atoms with Gasteiger partial charge in [0.1, 0.15) is 11.0 Å². The molecule has 1 aromatic heterocycles. The molecular weight excluding hydrogens is 276 g/mol. The molecule has 1 fully saturated rings. The number of halogens is 1. The average molecular weight is 293 g/mol. The molecule has 0 aliphatic carbocycles. The summed E-state index contributed by atoms with van der Waals surface area (Å²) in [5, 5.41) is 0.488. The Morgan fingerprint density at radius 1 is 1.39 bits per heavy atom. The van der Waals surface area contributed by atoms with Gasteiger partial charge < -0.3 is 4.57 Å². The zero-order chi connectivity index (χ0) is 13.2. The van der Waals surface area contributed by atoms with Gasteiger partial charge in [0.15, 0.2) is 0 Å². The van der Waals surface area contributed by atoms with Crippen molar-refractivity contribution in [1.82, 2.24) is 18.6 Å². The van der Waals surface area contributed by atoms with Crippen molar-refractivity contribution < 1.29 is 8.42 Å². The first kappa shape index (κ1) is 13.8. The molecule has 1 N–H and O–H groups in total. The van der Waals surface area contributed by atoms with Gasteiger partial charge in [-0.25, -0.2) is 4.98 Å². The third-order valence-electron chi connectivity index (χ3n) is 3.10. The SMILES string of the molecule is Cn1c(Cl)cnc1CNS(=O)(=O)N1CCCCC1. The second kappa shape index (κ2) is 5.56. The molecule has 1 aliphatic heterocycles. The Labute approximate surface area is 112 Å². The van der Waals surface area contributed by atoms with Crippen LogP contribution in [-0.2, 0) is 23.8 Å². The summed E-state index contributed by atoms with van der Waals surface area (Å²) in [4.78, 5) is 4.05. The lowest BCUT2D eigenvalue weighted by Crippen LogP contribution is -2.43. The molecule has 0 unspecified atom stereocenters. The fourth-order valence-corrected chi connectivity index (χ4v) is 3.32. The van der Waals surface area contributed by atoms with Gasteiger partial charge in [-0.1, -0.05) is 18.0 Å². The molecule has 0 saturated carbocycles. The average Bonchev–Trinajstić information content (AvgIpc) is 2.69. The van der Waals surface area contributed by atoms with Gasteiger partial charge in [-0.3, -0.25) is 0 Å². The van der Waals surface area contributed by atoms with Gasteiger partial charge in [0.05, 0.1) is 12.7 Å². The molecule has 0 amide bonds. The van der Waals surface area contributed by atoms with E-state index >= 15 is 0 Å². The van der Waals surface area contributed by atoms with Crippen molar-refractivity contribution in [3.05, 3.63) is 17.2 Å². The number of piperidine rings is 1. The molecule has 1 saturated heterocycles. The van der Waals surface area contributed by atoms with E-state index in [9.17, 15) is 8.42 Å². The molecule has 0 radical (unpaired) electrons. The number of aromatic nitrogens is 2. The van der Waals surface area contributed by atoms with E-state index in [0.29, 0.717) is 24.1 Å². The number of nitrogens with one attached hydrogen (secondary N) is 1. The lowest BCUT2D eigenvalue weighted by Gasteiger charge is -2.25. The molecule has 0 aromatic carbocycles. The van der Waals surface area contributed by atoms with E-state index in [1.807, 2.05) is 0 Å². The third-order valence-corrected chi connectivity index (χ3v) is 5.00. The summed E-state index contributed by atoms with van der Waals surface area (Å²) in [7, 11) is -1.65. The van der Waals surface area contributed by atoms with Gasteiger partial charge in [-0.15, -0.1) is 0 Å². The minimum absolute atomic E-state index is 0.155. The topological polar surface area (TPSA) is 67.2 Å². The van der Waals surface area contributed by atoms with Gasteiger partial charge in [0.25, 0.3) is 10.2 Å². The van der Waals surface area contributed by atoms with E-state index in [4.69, 9.17) is 11.6 Å². The molecular formula is C10H17ClN4O2S. The number of imidazole rings is 1. The molecule has 8 heteroatoms. The van der Waals surface area contributed by atoms with Gasteiger partial charge in [0, 0.05) is 20.1 Å². The molecule has 18 heavy (non-hydrogen) atoms. The van der Waals surface area contributed by atoms with Crippen molar-refractivity contribution >= 4 is 21.8 Å². The summed E-state index contributed by atoms with van der Waals surface area (Å²) >= 11 is 5.84. The Hall–Kier alpha value is -0.630. The number of nitrogens with zero attached hydrogens (tertiary/aromatic N) is 3. The Morgan fingerprint density at radius 3 is 2.61 bits per heavy atom. The van der Waals surface area contributed by atoms with Crippen LogP contribution < -0.4 is 4.72 Å². The van der Waals surface area contributed by atoms with E-state index in [1.54, 1.807) is 11.6 Å². The monoisotopic (exact) mass is 292 g/mol. The molecule has 2 rings (SSSR count). The minimum Gasteiger partial charge on any atom is -0.321 e. The summed E-state index contributed by atoms with van der Waals surface area (Å²) in [5.74, 6) is 0.598. The number of rotatable bonds is 4. The minimum atomic E-state index is -3.40. The van der Waals surface area contributed by atoms with Crippen molar-refractivity contribution in [2.24, 2.45) is 7.05 Å². The van der Waals surface area contributed by atoms with E-state index in [1.165, 1.54) is 10.5 Å². The second-order valence-corrected chi connectivity index (χ2v) is 6.48. The fraction of sp³-hybridized carbons (Fsp3) is 0.700. The quantitative estimate of drug-likeness (QED) is 0.896. The summed E-state index contributed by atoms with van der Waals surface area (Å²) in [6, 6.07) is 0. The fourth-order valence-electron chi connectivity index (χ4n) is 1.94. The maximum atomic E-state index is 12.0. The van der Waals surface area contributed by atoms with Crippen molar-refractivity contribution in [2.45, 2.75) is 25.8 Å². The zero-order valence-corrected chi connectivity index (χ0v) is 11.8. The highest BCUT2D eigenvalue weighted by Crippen LogP contribution is 2.13. The smallest absolute Gasteiger partial charge is 0.279 e. The third kappa shape index (κ3) is 3.03. The van der Waals surface area contributed by atoms with Crippen LogP contribution in [0.2, 0.25) is 5.15 Å². The van der Waals surface area contributed by atoms with E-state index in [-0.39, 0.29) is 6.54 Å². The van der Waals surface area contributed by atoms with Crippen LogP contribution in [-0.4, -0.2) is 35.4 Å². The van der Waals surface area contributed by atoms with Crippen molar-refractivity contribution in [3.8, 4) is 0 Å². The highest BCUT2D eigenvalue weighted by atomic mass is 35.5. The number of hydrogen-bond donors (Lipinski definition) is 1. The van der Waals surface area contributed by atoms with E-state index < -0.39 is 10.2 Å². The van der Waals surface area contributed by atoms with Crippen LogP contribution in [0.1, 0.15) is 25.1 Å². The Bertz CT molecular complexity index is 508. The summed E-state index contributed by atoms with van der Waals surface area (Å²) < 4.78 is 29.7. The number of hydrogen-bond acceptors (Lipinski definition) is 3. The highest BCUT2D eigenvalue weighted by molar-refractivity contribution is 7.87. The normalized spacial score (nSPS) is 18.1. The maximum Gasteiger partial charge on any atom is 0.279 e. The molecule has 0 bridgehead atoms.